The Morgan fingerprint density at radius 3 is 1.00 bits per heavy atom. The minimum atomic E-state index is 0. The quantitative estimate of drug-likeness (QED) is 0.361. The average molecular weight is 136 g/mol. The Hall–Kier alpha value is 1.93. The van der Waals surface area contributed by atoms with Crippen LogP contribution in [0.2, 0.25) is 0 Å². The molecule has 0 N–H and O–H groups in total. The van der Waals surface area contributed by atoms with Crippen LogP contribution in [-0.4, -0.2) is 40.4 Å². The van der Waals surface area contributed by atoms with Crippen molar-refractivity contribution in [3.63, 3.8) is 0 Å². The summed E-state index contributed by atoms with van der Waals surface area (Å²) in [5.74, 6) is 0. The van der Waals surface area contributed by atoms with Gasteiger partial charge in [-0.1, -0.05) is 0 Å². The fraction of sp³-hybridized carbons (Fsp3) is 0. The van der Waals surface area contributed by atoms with E-state index >= 15 is 0 Å². The Balaban J connectivity index is 0. The first-order chi connectivity index (χ1) is 0. The van der Waals surface area contributed by atoms with E-state index in [4.69, 9.17) is 0 Å². The summed E-state index contributed by atoms with van der Waals surface area (Å²) < 4.78 is 0. The summed E-state index contributed by atoms with van der Waals surface area (Å²) in [5.41, 5.74) is 0. The summed E-state index contributed by atoms with van der Waals surface area (Å²) in [5, 5.41) is 0. The Morgan fingerprint density at radius 1 is 1.00 bits per heavy atom. The average Bonchev–Trinajstić information content (AvgIpc) is 0. The fourth-order valence-electron chi connectivity index (χ4n) is 0. The third kappa shape index (κ3) is 24.6. The molecule has 0 aliphatic heterocycles. The van der Waals surface area contributed by atoms with Crippen molar-refractivity contribution in [2.45, 2.75) is 0 Å². The van der Waals surface area contributed by atoms with Crippen LogP contribution in [0.15, 0.2) is 0 Å². The third-order valence-electron chi connectivity index (χ3n) is 0. The van der Waals surface area contributed by atoms with E-state index in [0.717, 1.165) is 0 Å². The molecular formula is H5AlMgO2Ti. The van der Waals surface area contributed by atoms with Gasteiger partial charge in [0.05, 0.1) is 0 Å². The maximum absolute atomic E-state index is 0. The predicted molar refractivity (Wildman–Crippen MR) is 19.3 cm³/mol. The van der Waals surface area contributed by atoms with Crippen molar-refractivity contribution >= 4 is 40.4 Å². The Morgan fingerprint density at radius 2 is 1.00 bits per heavy atom. The molecule has 0 amide bonds. The van der Waals surface area contributed by atoms with Crippen molar-refractivity contribution in [3.05, 3.63) is 0 Å². The first-order valence-electron chi connectivity index (χ1n) is 0. The Kier molecular flexibility index (Phi) is 505. The van der Waals surface area contributed by atoms with Gasteiger partial charge in [-0.25, -0.2) is 0 Å². The van der Waals surface area contributed by atoms with Crippen LogP contribution < -0.4 is 0 Å². The van der Waals surface area contributed by atoms with E-state index in [9.17, 15) is 0 Å². The van der Waals surface area contributed by atoms with E-state index in [1.54, 1.807) is 0 Å². The largest absolute Gasteiger partial charge is 4.00 e. The molecule has 0 aliphatic rings. The second-order valence-corrected chi connectivity index (χ2v) is 0. The third-order valence-corrected chi connectivity index (χ3v) is 0. The summed E-state index contributed by atoms with van der Waals surface area (Å²) in [4.78, 5) is 0. The van der Waals surface area contributed by atoms with Gasteiger partial charge in [0.25, 0.3) is 0 Å². The molecular weight excluding hydrogens is 131 g/mol. The van der Waals surface area contributed by atoms with Crippen LogP contribution in [0.5, 0.6) is 0 Å². The number of hydrogen-bond donors (Lipinski definition) is 0. The van der Waals surface area contributed by atoms with E-state index in [2.05, 4.69) is 0 Å². The zero-order valence-corrected chi connectivity index (χ0v) is 5.00. The van der Waals surface area contributed by atoms with Crippen LogP contribution >= 0.6 is 0 Å². The second kappa shape index (κ2) is 38.6. The molecule has 0 aromatic carbocycles. The summed E-state index contributed by atoms with van der Waals surface area (Å²) in [6.45, 7) is 0. The van der Waals surface area contributed by atoms with Crippen molar-refractivity contribution in [3.8, 4) is 0 Å². The van der Waals surface area contributed by atoms with Gasteiger partial charge < -0.3 is 13.8 Å². The SMILES string of the molecule is [AlH3].[H-].[H-].[Mg+2].[O-2].[O-2].[Ti+4]. The van der Waals surface area contributed by atoms with Crippen LogP contribution in [-0.2, 0) is 32.7 Å². The summed E-state index contributed by atoms with van der Waals surface area (Å²) in [6.07, 6.45) is 0. The molecule has 0 aromatic rings. The topological polar surface area (TPSA) is 57.0 Å². The van der Waals surface area contributed by atoms with Gasteiger partial charge in [0, 0.05) is 0 Å². The molecule has 0 bridgehead atoms. The molecule has 0 saturated heterocycles. The number of hydrogen-bond acceptors (Lipinski definition) is 0. The summed E-state index contributed by atoms with van der Waals surface area (Å²) in [6, 6.07) is 0. The molecule has 0 unspecified atom stereocenters. The van der Waals surface area contributed by atoms with Crippen LogP contribution in [0.4, 0.5) is 0 Å². The van der Waals surface area contributed by atoms with E-state index in [-0.39, 0.29) is 75.9 Å². The van der Waals surface area contributed by atoms with E-state index in [0.29, 0.717) is 0 Å². The van der Waals surface area contributed by atoms with Gasteiger partial charge in [-0.2, -0.15) is 0 Å². The van der Waals surface area contributed by atoms with Crippen molar-refractivity contribution in [2.75, 3.05) is 0 Å². The first kappa shape index (κ1) is 65.3. The molecule has 26 valence electrons. The zero-order chi connectivity index (χ0) is 0. The van der Waals surface area contributed by atoms with Gasteiger partial charge in [-0.05, 0) is 0 Å². The first-order valence-corrected chi connectivity index (χ1v) is 0. The molecule has 5 heavy (non-hydrogen) atoms. The van der Waals surface area contributed by atoms with Crippen LogP contribution in [0.3, 0.4) is 0 Å². The second-order valence-electron chi connectivity index (χ2n) is 0. The van der Waals surface area contributed by atoms with Gasteiger partial charge in [-0.3, -0.25) is 0 Å². The predicted octanol–water partition coefficient (Wildman–Crippen LogP) is -1.58. The van der Waals surface area contributed by atoms with E-state index < -0.39 is 0 Å². The van der Waals surface area contributed by atoms with Crippen LogP contribution in [0.1, 0.15) is 2.85 Å². The van der Waals surface area contributed by atoms with Crippen molar-refractivity contribution in [1.82, 2.24) is 0 Å². The van der Waals surface area contributed by atoms with Gasteiger partial charge >= 0.3 is 44.8 Å². The molecule has 0 rings (SSSR count). The van der Waals surface area contributed by atoms with Gasteiger partial charge in [0.15, 0.2) is 17.4 Å². The molecule has 0 fully saturated rings. The minimum Gasteiger partial charge on any atom is -2.00 e. The molecule has 0 spiro atoms. The molecule has 0 aromatic heterocycles. The Labute approximate surface area is 75.4 Å². The van der Waals surface area contributed by atoms with E-state index in [1.165, 1.54) is 0 Å². The minimum absolute atomic E-state index is 0. The van der Waals surface area contributed by atoms with E-state index in [1.807, 2.05) is 0 Å². The molecule has 0 atom stereocenters. The maximum atomic E-state index is 0. The molecule has 0 radical (unpaired) electrons. The zero-order valence-electron chi connectivity index (χ0n) is 4.02. The van der Waals surface area contributed by atoms with Crippen molar-refractivity contribution in [1.29, 1.82) is 0 Å². The molecule has 0 heterocycles. The molecule has 5 heteroatoms. The van der Waals surface area contributed by atoms with Gasteiger partial charge in [0.2, 0.25) is 0 Å². The maximum Gasteiger partial charge on any atom is 4.00 e. The summed E-state index contributed by atoms with van der Waals surface area (Å²) >= 11 is 0. The molecule has 0 saturated carbocycles. The fourth-order valence-corrected chi connectivity index (χ4v) is 0. The Bertz CT molecular complexity index is 15.7. The smallest absolute Gasteiger partial charge is 2.00 e. The monoisotopic (exact) mass is 136 g/mol. The molecule has 0 aliphatic carbocycles. The van der Waals surface area contributed by atoms with Crippen LogP contribution in [0.25, 0.3) is 0 Å². The van der Waals surface area contributed by atoms with Gasteiger partial charge in [0.1, 0.15) is 0 Å². The van der Waals surface area contributed by atoms with Crippen molar-refractivity contribution < 1.29 is 35.5 Å². The summed E-state index contributed by atoms with van der Waals surface area (Å²) in [7, 11) is 0. The van der Waals surface area contributed by atoms with Gasteiger partial charge in [-0.15, -0.1) is 0 Å². The standard InChI is InChI=1S/Al.Mg.2O.Ti.5H/q;+2;2*-2;+4;;;;2*-1. The number of rotatable bonds is 0. The van der Waals surface area contributed by atoms with Crippen molar-refractivity contribution in [2.24, 2.45) is 0 Å². The van der Waals surface area contributed by atoms with Crippen LogP contribution in [0, 0.1) is 0 Å². The normalized spacial score (nSPS) is 0. The molecule has 2 nitrogen and oxygen atoms in total.